The molecule has 0 bridgehead atoms. The normalized spacial score (nSPS) is 10.9. The maximum absolute atomic E-state index is 11.7. The number of hydrogen-bond donors (Lipinski definition) is 2. The molecule has 0 radical (unpaired) electrons. The van der Waals surface area contributed by atoms with Gasteiger partial charge in [0.15, 0.2) is 0 Å². The molecular weight excluding hydrogens is 256 g/mol. The van der Waals surface area contributed by atoms with Gasteiger partial charge in [0.1, 0.15) is 5.60 Å². The van der Waals surface area contributed by atoms with Gasteiger partial charge in [0.2, 0.25) is 0 Å². The molecule has 0 unspecified atom stereocenters. The van der Waals surface area contributed by atoms with Crippen molar-refractivity contribution in [3.05, 3.63) is 36.4 Å². The molecule has 0 aliphatic carbocycles. The Kier molecular flexibility index (Phi) is 5.58. The lowest BCUT2D eigenvalue weighted by Crippen LogP contribution is -2.27. The predicted molar refractivity (Wildman–Crippen MR) is 80.6 cm³/mol. The fourth-order valence-electron chi connectivity index (χ4n) is 1.56. The molecule has 5 nitrogen and oxygen atoms in total. The largest absolute Gasteiger partial charge is 0.444 e. The first-order valence-electron chi connectivity index (χ1n) is 6.38. The first kappa shape index (κ1) is 16.0. The molecule has 0 saturated carbocycles. The molecule has 0 heterocycles. The summed E-state index contributed by atoms with van der Waals surface area (Å²) in [5.41, 5.74) is 7.26. The van der Waals surface area contributed by atoms with Crippen LogP contribution in [0.5, 0.6) is 0 Å². The average Bonchev–Trinajstić information content (AvgIpc) is 2.25. The highest BCUT2D eigenvalue weighted by Crippen LogP contribution is 2.18. The highest BCUT2D eigenvalue weighted by molar-refractivity contribution is 5.85. The van der Waals surface area contributed by atoms with Crippen molar-refractivity contribution in [2.24, 2.45) is 0 Å². The molecule has 0 aliphatic heterocycles. The SMILES string of the molecule is C=CCOCc1cc(N)cc(NC(=O)OC(C)(C)C)c1. The van der Waals surface area contributed by atoms with Crippen LogP contribution in [-0.4, -0.2) is 18.3 Å². The number of ether oxygens (including phenoxy) is 2. The van der Waals surface area contributed by atoms with Gasteiger partial charge in [0.05, 0.1) is 13.2 Å². The number of amides is 1. The van der Waals surface area contributed by atoms with Crippen molar-refractivity contribution in [3.63, 3.8) is 0 Å². The molecule has 20 heavy (non-hydrogen) atoms. The van der Waals surface area contributed by atoms with Gasteiger partial charge in [-0.3, -0.25) is 5.32 Å². The minimum Gasteiger partial charge on any atom is -0.444 e. The van der Waals surface area contributed by atoms with Crippen LogP contribution in [0.4, 0.5) is 16.2 Å². The number of nitrogens with two attached hydrogens (primary N) is 1. The summed E-state index contributed by atoms with van der Waals surface area (Å²) in [6.07, 6.45) is 1.16. The molecule has 0 saturated heterocycles. The molecular formula is C15H22N2O3. The molecule has 0 aliphatic rings. The summed E-state index contributed by atoms with van der Waals surface area (Å²) < 4.78 is 10.5. The number of nitrogen functional groups attached to an aromatic ring is 1. The van der Waals surface area contributed by atoms with E-state index in [-0.39, 0.29) is 0 Å². The third-order valence-corrected chi connectivity index (χ3v) is 2.16. The molecule has 3 N–H and O–H groups in total. The second-order valence-electron chi connectivity index (χ2n) is 5.39. The fourth-order valence-corrected chi connectivity index (χ4v) is 1.56. The van der Waals surface area contributed by atoms with E-state index < -0.39 is 11.7 Å². The summed E-state index contributed by atoms with van der Waals surface area (Å²) in [6.45, 7) is 9.86. The van der Waals surface area contributed by atoms with Crippen molar-refractivity contribution in [1.82, 2.24) is 0 Å². The monoisotopic (exact) mass is 278 g/mol. The number of benzene rings is 1. The second kappa shape index (κ2) is 6.96. The number of rotatable bonds is 5. The van der Waals surface area contributed by atoms with Gasteiger partial charge in [0.25, 0.3) is 0 Å². The smallest absolute Gasteiger partial charge is 0.412 e. The van der Waals surface area contributed by atoms with Crippen LogP contribution in [0.3, 0.4) is 0 Å². The Labute approximate surface area is 119 Å². The molecule has 1 aromatic carbocycles. The third-order valence-electron chi connectivity index (χ3n) is 2.16. The van der Waals surface area contributed by atoms with Gasteiger partial charge in [-0.25, -0.2) is 4.79 Å². The predicted octanol–water partition coefficient (Wildman–Crippen LogP) is 3.32. The van der Waals surface area contributed by atoms with Crippen LogP contribution in [0.2, 0.25) is 0 Å². The lowest BCUT2D eigenvalue weighted by atomic mass is 10.2. The van der Waals surface area contributed by atoms with E-state index in [1.54, 1.807) is 45.0 Å². The molecule has 0 fully saturated rings. The van der Waals surface area contributed by atoms with E-state index in [0.717, 1.165) is 5.56 Å². The zero-order valence-corrected chi connectivity index (χ0v) is 12.2. The standard InChI is InChI=1S/C15H22N2O3/c1-5-6-19-10-11-7-12(16)9-13(8-11)17-14(18)20-15(2,3)4/h5,7-9H,1,6,10,16H2,2-4H3,(H,17,18). The summed E-state index contributed by atoms with van der Waals surface area (Å²) in [5, 5.41) is 2.65. The zero-order chi connectivity index (χ0) is 15.2. The average molecular weight is 278 g/mol. The number of carbonyl (C=O) groups excluding carboxylic acids is 1. The van der Waals surface area contributed by atoms with Crippen LogP contribution in [0.25, 0.3) is 0 Å². The van der Waals surface area contributed by atoms with E-state index in [2.05, 4.69) is 11.9 Å². The Morgan fingerprint density at radius 2 is 2.10 bits per heavy atom. The van der Waals surface area contributed by atoms with Crippen molar-refractivity contribution >= 4 is 17.5 Å². The van der Waals surface area contributed by atoms with Crippen molar-refractivity contribution in [1.29, 1.82) is 0 Å². The number of anilines is 2. The molecule has 5 heteroatoms. The summed E-state index contributed by atoms with van der Waals surface area (Å²) in [6, 6.07) is 5.26. The number of carbonyl (C=O) groups is 1. The highest BCUT2D eigenvalue weighted by atomic mass is 16.6. The summed E-state index contributed by atoms with van der Waals surface area (Å²) in [5.74, 6) is 0. The summed E-state index contributed by atoms with van der Waals surface area (Å²) in [4.78, 5) is 11.7. The van der Waals surface area contributed by atoms with Crippen LogP contribution in [0.15, 0.2) is 30.9 Å². The van der Waals surface area contributed by atoms with E-state index >= 15 is 0 Å². The minimum absolute atomic E-state index is 0.403. The minimum atomic E-state index is -0.541. The van der Waals surface area contributed by atoms with Crippen LogP contribution in [0.1, 0.15) is 26.3 Å². The van der Waals surface area contributed by atoms with Crippen LogP contribution >= 0.6 is 0 Å². The molecule has 1 amide bonds. The Balaban J connectivity index is 2.70. The lowest BCUT2D eigenvalue weighted by Gasteiger charge is -2.20. The maximum Gasteiger partial charge on any atom is 0.412 e. The van der Waals surface area contributed by atoms with Gasteiger partial charge in [-0.15, -0.1) is 6.58 Å². The van der Waals surface area contributed by atoms with Crippen molar-refractivity contribution in [2.75, 3.05) is 17.7 Å². The Bertz CT molecular complexity index is 478. The second-order valence-corrected chi connectivity index (χ2v) is 5.39. The van der Waals surface area contributed by atoms with Gasteiger partial charge in [-0.2, -0.15) is 0 Å². The highest BCUT2D eigenvalue weighted by Gasteiger charge is 2.16. The Hall–Kier alpha value is -2.01. The van der Waals surface area contributed by atoms with Crippen molar-refractivity contribution in [2.45, 2.75) is 33.0 Å². The Morgan fingerprint density at radius 3 is 2.70 bits per heavy atom. The van der Waals surface area contributed by atoms with E-state index in [1.165, 1.54) is 0 Å². The molecule has 0 atom stereocenters. The molecule has 0 aromatic heterocycles. The van der Waals surface area contributed by atoms with Crippen LogP contribution < -0.4 is 11.1 Å². The summed E-state index contributed by atoms with van der Waals surface area (Å²) >= 11 is 0. The fraction of sp³-hybridized carbons (Fsp3) is 0.400. The zero-order valence-electron chi connectivity index (χ0n) is 12.2. The van der Waals surface area contributed by atoms with Gasteiger partial charge < -0.3 is 15.2 Å². The molecule has 110 valence electrons. The third kappa shape index (κ3) is 6.24. The molecule has 1 rings (SSSR count). The first-order valence-corrected chi connectivity index (χ1v) is 6.38. The van der Waals surface area contributed by atoms with Crippen molar-refractivity contribution in [3.8, 4) is 0 Å². The quantitative estimate of drug-likeness (QED) is 0.492. The first-order chi connectivity index (χ1) is 9.30. The van der Waals surface area contributed by atoms with Gasteiger partial charge in [-0.05, 0) is 44.5 Å². The topological polar surface area (TPSA) is 73.6 Å². The van der Waals surface area contributed by atoms with E-state index in [4.69, 9.17) is 15.2 Å². The van der Waals surface area contributed by atoms with E-state index in [0.29, 0.717) is 24.6 Å². The molecule has 1 aromatic rings. The number of hydrogen-bond acceptors (Lipinski definition) is 4. The Morgan fingerprint density at radius 1 is 1.40 bits per heavy atom. The van der Waals surface area contributed by atoms with Crippen LogP contribution in [0, 0.1) is 0 Å². The van der Waals surface area contributed by atoms with Gasteiger partial charge >= 0.3 is 6.09 Å². The van der Waals surface area contributed by atoms with Crippen molar-refractivity contribution < 1.29 is 14.3 Å². The maximum atomic E-state index is 11.7. The van der Waals surface area contributed by atoms with E-state index in [9.17, 15) is 4.79 Å². The lowest BCUT2D eigenvalue weighted by molar-refractivity contribution is 0.0636. The van der Waals surface area contributed by atoms with Crippen LogP contribution in [-0.2, 0) is 16.1 Å². The van der Waals surface area contributed by atoms with Gasteiger partial charge in [-0.1, -0.05) is 6.08 Å². The summed E-state index contributed by atoms with van der Waals surface area (Å²) in [7, 11) is 0. The van der Waals surface area contributed by atoms with Gasteiger partial charge in [0, 0.05) is 11.4 Å². The number of nitrogens with one attached hydrogen (secondary N) is 1. The van der Waals surface area contributed by atoms with E-state index in [1.807, 2.05) is 0 Å². The molecule has 0 spiro atoms.